The number of thioether (sulfide) groups is 1. The maximum Gasteiger partial charge on any atom is 0.316 e. The van der Waals surface area contributed by atoms with Crippen molar-refractivity contribution in [3.63, 3.8) is 0 Å². The van der Waals surface area contributed by atoms with E-state index >= 15 is 0 Å². The van der Waals surface area contributed by atoms with Gasteiger partial charge < -0.3 is 5.11 Å². The Morgan fingerprint density at radius 3 is 2.08 bits per heavy atom. The van der Waals surface area contributed by atoms with Crippen LogP contribution in [0.3, 0.4) is 0 Å². The zero-order valence-corrected chi connectivity index (χ0v) is 16.2. The van der Waals surface area contributed by atoms with Gasteiger partial charge in [-0.1, -0.05) is 59.2 Å². The van der Waals surface area contributed by atoms with Crippen molar-refractivity contribution in [1.82, 2.24) is 4.98 Å². The van der Waals surface area contributed by atoms with Crippen LogP contribution >= 0.6 is 46.3 Å². The molecule has 0 fully saturated rings. The van der Waals surface area contributed by atoms with E-state index in [4.69, 9.17) is 28.3 Å². The van der Waals surface area contributed by atoms with Crippen LogP contribution in [0, 0.1) is 0 Å². The van der Waals surface area contributed by atoms with Crippen molar-refractivity contribution in [2.24, 2.45) is 0 Å². The molecule has 3 rings (SSSR count). The summed E-state index contributed by atoms with van der Waals surface area (Å²) in [6, 6.07) is 15.0. The molecule has 7 heteroatoms. The molecular weight excluding hydrogens is 397 g/mol. The average Bonchev–Trinajstić information content (AvgIpc) is 3.00. The standard InChI is InChI=1S/C18H13Cl2NO2S2/c1-10(17(22)23)24-18-21-15(11-2-6-13(19)7-3-11)16(25-18)12-4-8-14(20)9-5-12/h2-10H,1H3,(H,22,23). The molecule has 2 aromatic carbocycles. The summed E-state index contributed by atoms with van der Waals surface area (Å²) >= 11 is 14.7. The lowest BCUT2D eigenvalue weighted by molar-refractivity contribution is -0.136. The van der Waals surface area contributed by atoms with Crippen LogP contribution < -0.4 is 0 Å². The molecule has 0 saturated heterocycles. The maximum atomic E-state index is 11.1. The smallest absolute Gasteiger partial charge is 0.316 e. The molecule has 0 saturated carbocycles. The van der Waals surface area contributed by atoms with Crippen LogP contribution in [-0.4, -0.2) is 21.3 Å². The summed E-state index contributed by atoms with van der Waals surface area (Å²) in [5.41, 5.74) is 2.73. The molecule has 1 atom stereocenters. The van der Waals surface area contributed by atoms with Crippen LogP contribution in [0.25, 0.3) is 21.7 Å². The van der Waals surface area contributed by atoms with Gasteiger partial charge in [-0.2, -0.15) is 0 Å². The second-order valence-corrected chi connectivity index (χ2v) is 8.73. The van der Waals surface area contributed by atoms with E-state index in [-0.39, 0.29) is 0 Å². The first-order valence-electron chi connectivity index (χ1n) is 7.36. The van der Waals surface area contributed by atoms with Gasteiger partial charge in [-0.3, -0.25) is 4.79 Å². The highest BCUT2D eigenvalue weighted by molar-refractivity contribution is 8.02. The SMILES string of the molecule is CC(Sc1nc(-c2ccc(Cl)cc2)c(-c2ccc(Cl)cc2)s1)C(=O)O. The number of hydrogen-bond acceptors (Lipinski definition) is 4. The summed E-state index contributed by atoms with van der Waals surface area (Å²) in [4.78, 5) is 16.8. The Bertz CT molecular complexity index is 829. The van der Waals surface area contributed by atoms with Gasteiger partial charge in [0.2, 0.25) is 0 Å². The van der Waals surface area contributed by atoms with Crippen molar-refractivity contribution in [2.75, 3.05) is 0 Å². The monoisotopic (exact) mass is 409 g/mol. The molecule has 25 heavy (non-hydrogen) atoms. The molecule has 1 unspecified atom stereocenters. The second-order valence-electron chi connectivity index (χ2n) is 5.27. The summed E-state index contributed by atoms with van der Waals surface area (Å²) in [5, 5.41) is 9.89. The molecule has 3 nitrogen and oxygen atoms in total. The molecule has 0 aliphatic carbocycles. The molecule has 0 radical (unpaired) electrons. The lowest BCUT2D eigenvalue weighted by atomic mass is 10.1. The third-order valence-corrected chi connectivity index (χ3v) is 6.25. The Morgan fingerprint density at radius 1 is 1.04 bits per heavy atom. The first-order valence-corrected chi connectivity index (χ1v) is 9.81. The third-order valence-electron chi connectivity index (χ3n) is 3.46. The fourth-order valence-corrected chi connectivity index (χ4v) is 4.65. The predicted molar refractivity (Wildman–Crippen MR) is 106 cm³/mol. The number of nitrogens with zero attached hydrogens (tertiary/aromatic N) is 1. The van der Waals surface area contributed by atoms with Crippen LogP contribution in [0.4, 0.5) is 0 Å². The fourth-order valence-electron chi connectivity index (χ4n) is 2.15. The number of carboxylic acids is 1. The highest BCUT2D eigenvalue weighted by Crippen LogP contribution is 2.41. The van der Waals surface area contributed by atoms with E-state index in [9.17, 15) is 4.79 Å². The largest absolute Gasteiger partial charge is 0.480 e. The number of halogens is 2. The molecular formula is C18H13Cl2NO2S2. The summed E-state index contributed by atoms with van der Waals surface area (Å²) in [5.74, 6) is -0.860. The minimum Gasteiger partial charge on any atom is -0.480 e. The Labute approximate surface area is 163 Å². The fraction of sp³-hybridized carbons (Fsp3) is 0.111. The Kier molecular flexibility index (Phi) is 5.69. The van der Waals surface area contributed by atoms with Gasteiger partial charge in [0.15, 0.2) is 4.34 Å². The van der Waals surface area contributed by atoms with E-state index in [1.165, 1.54) is 23.1 Å². The van der Waals surface area contributed by atoms with Gasteiger partial charge in [0.1, 0.15) is 5.25 Å². The molecule has 0 aliphatic rings. The zero-order chi connectivity index (χ0) is 18.0. The van der Waals surface area contributed by atoms with Crippen molar-refractivity contribution < 1.29 is 9.90 Å². The molecule has 1 heterocycles. The Hall–Kier alpha value is -1.53. The van der Waals surface area contributed by atoms with Gasteiger partial charge in [0.05, 0.1) is 10.6 Å². The number of hydrogen-bond donors (Lipinski definition) is 1. The van der Waals surface area contributed by atoms with E-state index in [0.717, 1.165) is 21.7 Å². The van der Waals surface area contributed by atoms with Gasteiger partial charge in [0.25, 0.3) is 0 Å². The topological polar surface area (TPSA) is 50.2 Å². The molecule has 0 spiro atoms. The molecule has 128 valence electrons. The highest BCUT2D eigenvalue weighted by Gasteiger charge is 2.19. The lowest BCUT2D eigenvalue weighted by Crippen LogP contribution is -2.10. The number of benzene rings is 2. The van der Waals surface area contributed by atoms with E-state index in [1.807, 2.05) is 48.5 Å². The van der Waals surface area contributed by atoms with Crippen molar-refractivity contribution in [2.45, 2.75) is 16.5 Å². The second kappa shape index (κ2) is 7.79. The highest BCUT2D eigenvalue weighted by atomic mass is 35.5. The van der Waals surface area contributed by atoms with Crippen molar-refractivity contribution in [3.05, 3.63) is 58.6 Å². The van der Waals surface area contributed by atoms with E-state index in [1.54, 1.807) is 6.92 Å². The first-order chi connectivity index (χ1) is 11.9. The summed E-state index contributed by atoms with van der Waals surface area (Å²) < 4.78 is 0.713. The Morgan fingerprint density at radius 2 is 1.56 bits per heavy atom. The number of aliphatic carboxylic acids is 1. The number of aromatic nitrogens is 1. The molecule has 1 aromatic heterocycles. The molecule has 0 bridgehead atoms. The minimum atomic E-state index is -0.860. The molecule has 3 aromatic rings. The minimum absolute atomic E-state index is 0.567. The van der Waals surface area contributed by atoms with Gasteiger partial charge in [-0.15, -0.1) is 11.3 Å². The number of thiazole rings is 1. The van der Waals surface area contributed by atoms with Gasteiger partial charge in [-0.25, -0.2) is 4.98 Å². The Balaban J connectivity index is 2.07. The quantitative estimate of drug-likeness (QED) is 0.498. The average molecular weight is 410 g/mol. The van der Waals surface area contributed by atoms with Crippen molar-refractivity contribution >= 4 is 52.3 Å². The predicted octanol–water partition coefficient (Wildman–Crippen LogP) is 6.35. The number of rotatable bonds is 5. The normalized spacial score (nSPS) is 12.1. The number of carbonyl (C=O) groups is 1. The van der Waals surface area contributed by atoms with Crippen LogP contribution in [-0.2, 0) is 4.79 Å². The van der Waals surface area contributed by atoms with E-state index < -0.39 is 11.2 Å². The molecule has 1 N–H and O–H groups in total. The van der Waals surface area contributed by atoms with Crippen LogP contribution in [0.2, 0.25) is 10.0 Å². The number of carboxylic acid groups (broad SMARTS) is 1. The van der Waals surface area contributed by atoms with Crippen molar-refractivity contribution in [1.29, 1.82) is 0 Å². The van der Waals surface area contributed by atoms with Gasteiger partial charge >= 0.3 is 5.97 Å². The van der Waals surface area contributed by atoms with Crippen LogP contribution in [0.5, 0.6) is 0 Å². The summed E-state index contributed by atoms with van der Waals surface area (Å²) in [7, 11) is 0. The summed E-state index contributed by atoms with van der Waals surface area (Å²) in [6.07, 6.45) is 0. The lowest BCUT2D eigenvalue weighted by Gasteiger charge is -2.03. The van der Waals surface area contributed by atoms with E-state index in [2.05, 4.69) is 4.98 Å². The third kappa shape index (κ3) is 4.36. The van der Waals surface area contributed by atoms with Crippen molar-refractivity contribution in [3.8, 4) is 21.7 Å². The van der Waals surface area contributed by atoms with Crippen LogP contribution in [0.1, 0.15) is 6.92 Å². The van der Waals surface area contributed by atoms with Gasteiger partial charge in [-0.05, 0) is 36.8 Å². The first kappa shape index (κ1) is 18.3. The van der Waals surface area contributed by atoms with E-state index in [0.29, 0.717) is 14.4 Å². The molecule has 0 aliphatic heterocycles. The van der Waals surface area contributed by atoms with Crippen LogP contribution in [0.15, 0.2) is 52.9 Å². The zero-order valence-electron chi connectivity index (χ0n) is 13.1. The summed E-state index contributed by atoms with van der Waals surface area (Å²) in [6.45, 7) is 1.65. The van der Waals surface area contributed by atoms with Gasteiger partial charge in [0, 0.05) is 15.6 Å². The maximum absolute atomic E-state index is 11.1. The molecule has 0 amide bonds.